The number of thiazole rings is 1. The van der Waals surface area contributed by atoms with E-state index in [4.69, 9.17) is 9.47 Å². The summed E-state index contributed by atoms with van der Waals surface area (Å²) in [7, 11) is 1.64. The normalized spacial score (nSPS) is 17.0. The van der Waals surface area contributed by atoms with Gasteiger partial charge in [-0.2, -0.15) is 0 Å². The van der Waals surface area contributed by atoms with Crippen molar-refractivity contribution in [2.75, 3.05) is 25.2 Å². The molecular formula is C20H20N2O3S2. The van der Waals surface area contributed by atoms with E-state index >= 15 is 0 Å². The van der Waals surface area contributed by atoms with Gasteiger partial charge in [0.05, 0.1) is 30.0 Å². The van der Waals surface area contributed by atoms with Gasteiger partial charge in [0.2, 0.25) is 0 Å². The molecule has 0 saturated carbocycles. The highest BCUT2D eigenvalue weighted by atomic mass is 32.1. The molecule has 3 aromatic rings. The predicted octanol–water partition coefficient (Wildman–Crippen LogP) is 4.59. The van der Waals surface area contributed by atoms with E-state index in [1.54, 1.807) is 29.4 Å². The highest BCUT2D eigenvalue weighted by Crippen LogP contribution is 2.32. The van der Waals surface area contributed by atoms with Gasteiger partial charge in [0.1, 0.15) is 5.75 Å². The maximum atomic E-state index is 13.0. The molecule has 7 heteroatoms. The van der Waals surface area contributed by atoms with Crippen LogP contribution in [0, 0.1) is 0 Å². The third-order valence-corrected chi connectivity index (χ3v) is 6.30. The third kappa shape index (κ3) is 4.21. The van der Waals surface area contributed by atoms with E-state index in [1.165, 1.54) is 11.3 Å². The van der Waals surface area contributed by atoms with Crippen LogP contribution in [0.2, 0.25) is 0 Å². The Morgan fingerprint density at radius 3 is 3.11 bits per heavy atom. The highest BCUT2D eigenvalue weighted by molar-refractivity contribution is 7.22. The summed E-state index contributed by atoms with van der Waals surface area (Å²) in [6, 6.07) is 9.72. The number of hydrogen-bond acceptors (Lipinski definition) is 6. The van der Waals surface area contributed by atoms with Crippen LogP contribution in [0.1, 0.15) is 17.7 Å². The molecule has 1 atom stereocenters. The molecule has 27 heavy (non-hydrogen) atoms. The fourth-order valence-corrected chi connectivity index (χ4v) is 4.65. The number of methoxy groups -OCH3 is 1. The van der Waals surface area contributed by atoms with Crippen LogP contribution in [0.5, 0.6) is 5.75 Å². The first-order valence-electron chi connectivity index (χ1n) is 8.82. The molecule has 1 unspecified atom stereocenters. The lowest BCUT2D eigenvalue weighted by molar-refractivity contribution is -0.114. The van der Waals surface area contributed by atoms with E-state index in [-0.39, 0.29) is 12.0 Å². The first-order chi connectivity index (χ1) is 13.2. The molecule has 0 radical (unpaired) electrons. The number of rotatable bonds is 6. The van der Waals surface area contributed by atoms with Gasteiger partial charge in [0.15, 0.2) is 5.13 Å². The molecule has 0 bridgehead atoms. The maximum Gasteiger partial charge on any atom is 0.252 e. The molecule has 3 heterocycles. The molecule has 140 valence electrons. The second-order valence-electron chi connectivity index (χ2n) is 6.26. The summed E-state index contributed by atoms with van der Waals surface area (Å²) in [5.74, 6) is 0.706. The summed E-state index contributed by atoms with van der Waals surface area (Å²) in [5.41, 5.74) is 0.864. The topological polar surface area (TPSA) is 51.7 Å². The molecule has 1 aliphatic heterocycles. The van der Waals surface area contributed by atoms with Gasteiger partial charge < -0.3 is 9.47 Å². The number of carbonyl (C=O) groups excluding carboxylic acids is 1. The van der Waals surface area contributed by atoms with Gasteiger partial charge in [-0.05, 0) is 48.6 Å². The summed E-state index contributed by atoms with van der Waals surface area (Å²) >= 11 is 3.10. The van der Waals surface area contributed by atoms with Gasteiger partial charge in [0.25, 0.3) is 5.91 Å². The first-order valence-corrected chi connectivity index (χ1v) is 10.5. The van der Waals surface area contributed by atoms with Crippen LogP contribution in [-0.2, 0) is 9.53 Å². The Morgan fingerprint density at radius 1 is 1.44 bits per heavy atom. The average molecular weight is 401 g/mol. The van der Waals surface area contributed by atoms with Crippen molar-refractivity contribution in [3.8, 4) is 5.75 Å². The van der Waals surface area contributed by atoms with E-state index in [0.717, 1.165) is 40.3 Å². The van der Waals surface area contributed by atoms with Gasteiger partial charge in [-0.3, -0.25) is 9.69 Å². The fourth-order valence-electron chi connectivity index (χ4n) is 3.02. The first kappa shape index (κ1) is 18.2. The van der Waals surface area contributed by atoms with Crippen LogP contribution < -0.4 is 9.64 Å². The van der Waals surface area contributed by atoms with E-state index in [2.05, 4.69) is 4.98 Å². The Labute approximate surface area is 165 Å². The minimum atomic E-state index is -0.0788. The smallest absolute Gasteiger partial charge is 0.252 e. The fraction of sp³-hybridized carbons (Fsp3) is 0.300. The molecule has 1 aliphatic rings. The number of hydrogen-bond donors (Lipinski definition) is 0. The molecule has 5 nitrogen and oxygen atoms in total. The van der Waals surface area contributed by atoms with Crippen LogP contribution in [0.25, 0.3) is 16.3 Å². The summed E-state index contributed by atoms with van der Waals surface area (Å²) in [6.07, 6.45) is 5.54. The Bertz CT molecular complexity index is 943. The van der Waals surface area contributed by atoms with Crippen LogP contribution in [0.3, 0.4) is 0 Å². The average Bonchev–Trinajstić information content (AvgIpc) is 3.45. The lowest BCUT2D eigenvalue weighted by atomic mass is 10.2. The molecule has 1 fully saturated rings. The number of fused-ring (bicyclic) bond motifs is 1. The van der Waals surface area contributed by atoms with Crippen molar-refractivity contribution >= 4 is 50.0 Å². The van der Waals surface area contributed by atoms with Crippen molar-refractivity contribution in [1.29, 1.82) is 0 Å². The predicted molar refractivity (Wildman–Crippen MR) is 111 cm³/mol. The van der Waals surface area contributed by atoms with Crippen LogP contribution in [0.4, 0.5) is 5.13 Å². The van der Waals surface area contributed by atoms with Gasteiger partial charge in [0, 0.05) is 17.6 Å². The lowest BCUT2D eigenvalue weighted by Crippen LogP contribution is -2.36. The summed E-state index contributed by atoms with van der Waals surface area (Å²) in [6.45, 7) is 1.28. The number of anilines is 1. The van der Waals surface area contributed by atoms with Crippen molar-refractivity contribution in [2.45, 2.75) is 18.9 Å². The standard InChI is InChI=1S/C20H20N2O3S2/c1-24-14-6-8-17-18(12-14)27-20(21-17)22(13-15-4-2-10-25-15)19(23)9-7-16-5-3-11-26-16/h3,5-9,11-12,15H,2,4,10,13H2,1H3/b9-7+. The molecule has 1 saturated heterocycles. The van der Waals surface area contributed by atoms with Crippen molar-refractivity contribution in [2.24, 2.45) is 0 Å². The number of aromatic nitrogens is 1. The lowest BCUT2D eigenvalue weighted by Gasteiger charge is -2.21. The van der Waals surface area contributed by atoms with E-state index < -0.39 is 0 Å². The van der Waals surface area contributed by atoms with Gasteiger partial charge in [-0.15, -0.1) is 11.3 Å². The summed E-state index contributed by atoms with van der Waals surface area (Å²) < 4.78 is 12.0. The van der Waals surface area contributed by atoms with Crippen molar-refractivity contribution in [3.05, 3.63) is 46.7 Å². The van der Waals surface area contributed by atoms with Gasteiger partial charge in [-0.25, -0.2) is 4.98 Å². The number of nitrogens with zero attached hydrogens (tertiary/aromatic N) is 2. The van der Waals surface area contributed by atoms with E-state index in [1.807, 2.05) is 41.8 Å². The minimum absolute atomic E-state index is 0.0608. The van der Waals surface area contributed by atoms with E-state index in [9.17, 15) is 4.79 Å². The van der Waals surface area contributed by atoms with Crippen LogP contribution >= 0.6 is 22.7 Å². The Balaban J connectivity index is 1.63. The number of carbonyl (C=O) groups is 1. The highest BCUT2D eigenvalue weighted by Gasteiger charge is 2.25. The maximum absolute atomic E-state index is 13.0. The number of benzene rings is 1. The molecule has 1 aromatic carbocycles. The zero-order valence-corrected chi connectivity index (χ0v) is 16.6. The summed E-state index contributed by atoms with van der Waals surface area (Å²) in [5, 5.41) is 2.68. The van der Waals surface area contributed by atoms with E-state index in [0.29, 0.717) is 11.7 Å². The largest absolute Gasteiger partial charge is 0.497 e. The van der Waals surface area contributed by atoms with Crippen molar-refractivity contribution < 1.29 is 14.3 Å². The number of thiophene rings is 1. The molecule has 0 N–H and O–H groups in total. The van der Waals surface area contributed by atoms with Gasteiger partial charge in [-0.1, -0.05) is 17.4 Å². The van der Waals surface area contributed by atoms with Gasteiger partial charge >= 0.3 is 0 Å². The molecule has 0 aliphatic carbocycles. The quantitative estimate of drug-likeness (QED) is 0.568. The monoisotopic (exact) mass is 400 g/mol. The zero-order valence-electron chi connectivity index (χ0n) is 15.0. The van der Waals surface area contributed by atoms with Crippen molar-refractivity contribution in [3.63, 3.8) is 0 Å². The number of amides is 1. The Hall–Kier alpha value is -2.22. The Morgan fingerprint density at radius 2 is 2.37 bits per heavy atom. The SMILES string of the molecule is COc1ccc2nc(N(CC3CCCO3)C(=O)/C=C/c3cccs3)sc2c1. The second kappa shape index (κ2) is 8.21. The molecule has 4 rings (SSSR count). The van der Waals surface area contributed by atoms with Crippen molar-refractivity contribution in [1.82, 2.24) is 4.98 Å². The minimum Gasteiger partial charge on any atom is -0.497 e. The second-order valence-corrected chi connectivity index (χ2v) is 8.25. The van der Waals surface area contributed by atoms with Crippen LogP contribution in [-0.4, -0.2) is 37.3 Å². The number of ether oxygens (including phenoxy) is 2. The van der Waals surface area contributed by atoms with Crippen LogP contribution in [0.15, 0.2) is 41.8 Å². The summed E-state index contributed by atoms with van der Waals surface area (Å²) in [4.78, 5) is 20.4. The Kier molecular flexibility index (Phi) is 5.52. The molecule has 0 spiro atoms. The molecule has 1 amide bonds. The zero-order chi connectivity index (χ0) is 18.6. The third-order valence-electron chi connectivity index (χ3n) is 4.42. The molecule has 2 aromatic heterocycles. The molecular weight excluding hydrogens is 380 g/mol.